The molecule has 1 aromatic carbocycles. The first-order valence-electron chi connectivity index (χ1n) is 9.69. The number of ether oxygens (including phenoxy) is 1. The molecule has 0 aliphatic carbocycles. The molecular formula is C20H19F6N3O3. The van der Waals surface area contributed by atoms with Gasteiger partial charge in [-0.3, -0.25) is 9.48 Å². The Hall–Kier alpha value is -2.60. The van der Waals surface area contributed by atoms with Crippen molar-refractivity contribution in [3.05, 3.63) is 46.8 Å². The van der Waals surface area contributed by atoms with Crippen LogP contribution in [0.4, 0.5) is 32.0 Å². The molecular weight excluding hydrogens is 444 g/mol. The molecule has 4 rings (SSSR count). The number of anilines is 1. The van der Waals surface area contributed by atoms with Crippen molar-refractivity contribution in [3.63, 3.8) is 0 Å². The van der Waals surface area contributed by atoms with Crippen LogP contribution in [0.25, 0.3) is 0 Å². The fraction of sp³-hybridized carbons (Fsp3) is 0.500. The van der Waals surface area contributed by atoms with E-state index in [1.807, 2.05) is 0 Å². The van der Waals surface area contributed by atoms with Crippen LogP contribution in [0.15, 0.2) is 24.4 Å². The van der Waals surface area contributed by atoms with Gasteiger partial charge in [-0.15, -0.1) is 0 Å². The monoisotopic (exact) mass is 463 g/mol. The summed E-state index contributed by atoms with van der Waals surface area (Å²) in [5.41, 5.74) is -2.47. The molecule has 2 fully saturated rings. The predicted octanol–water partition coefficient (Wildman–Crippen LogP) is 3.64. The van der Waals surface area contributed by atoms with Gasteiger partial charge in [-0.25, -0.2) is 0 Å². The first kappa shape index (κ1) is 22.6. The third-order valence-electron chi connectivity index (χ3n) is 5.89. The van der Waals surface area contributed by atoms with Gasteiger partial charge in [0.25, 0.3) is 0 Å². The number of hydrogen-bond acceptors (Lipinski definition) is 4. The highest BCUT2D eigenvalue weighted by atomic mass is 19.4. The molecule has 2 N–H and O–H groups in total. The normalized spacial score (nSPS) is 27.7. The molecule has 0 unspecified atom stereocenters. The Bertz CT molecular complexity index is 1020. The Labute approximate surface area is 178 Å². The number of alkyl halides is 6. The number of fused-ring (bicyclic) bond motifs is 2. The van der Waals surface area contributed by atoms with E-state index in [-0.39, 0.29) is 12.5 Å². The number of nitrogens with one attached hydrogen (secondary N) is 1. The summed E-state index contributed by atoms with van der Waals surface area (Å²) in [6, 6.07) is 0.912. The molecule has 5 atom stereocenters. The SMILES string of the molecule is Cc1nn(C)cc1[C@H]1[C@H]2O[C@H](C[C@@H]2O)[C@@H]1C(=O)Nc1cc(C(F)(F)F)cc(C(F)(F)F)c1. The van der Waals surface area contributed by atoms with Gasteiger partial charge in [0.05, 0.1) is 41.1 Å². The second-order valence-electron chi connectivity index (χ2n) is 8.12. The summed E-state index contributed by atoms with van der Waals surface area (Å²) in [4.78, 5) is 13.1. The molecule has 2 aliphatic rings. The van der Waals surface area contributed by atoms with Gasteiger partial charge in [0, 0.05) is 31.3 Å². The van der Waals surface area contributed by atoms with Gasteiger partial charge in [-0.2, -0.15) is 31.4 Å². The number of aromatic nitrogens is 2. The molecule has 0 spiro atoms. The van der Waals surface area contributed by atoms with Crippen molar-refractivity contribution in [1.29, 1.82) is 0 Å². The molecule has 2 bridgehead atoms. The standard InChI is InChI=1S/C20H19F6N3O3/c1-8-12(7-29(2)28-8)15-16(14-6-13(30)17(15)32-14)18(31)27-11-4-9(19(21,22)23)3-10(5-11)20(24,25)26/h3-5,7,13-17,30H,6H2,1-2H3,(H,27,31)/t13-,14+,15+,16-,17-/m0/s1. The van der Waals surface area contributed by atoms with Crippen LogP contribution in [0.2, 0.25) is 0 Å². The molecule has 174 valence electrons. The lowest BCUT2D eigenvalue weighted by Crippen LogP contribution is -2.41. The van der Waals surface area contributed by atoms with Gasteiger partial charge in [-0.05, 0) is 30.7 Å². The van der Waals surface area contributed by atoms with E-state index in [0.29, 0.717) is 23.4 Å². The van der Waals surface area contributed by atoms with Gasteiger partial charge in [0.1, 0.15) is 0 Å². The molecule has 2 saturated heterocycles. The lowest BCUT2D eigenvalue weighted by Gasteiger charge is -2.29. The number of aryl methyl sites for hydroxylation is 2. The van der Waals surface area contributed by atoms with Crippen molar-refractivity contribution in [3.8, 4) is 0 Å². The minimum Gasteiger partial charge on any atom is -0.390 e. The lowest BCUT2D eigenvalue weighted by molar-refractivity contribution is -0.143. The fourth-order valence-electron chi connectivity index (χ4n) is 4.61. The maximum absolute atomic E-state index is 13.1. The number of nitrogens with zero attached hydrogens (tertiary/aromatic N) is 2. The minimum atomic E-state index is -5.03. The molecule has 6 nitrogen and oxygen atoms in total. The van der Waals surface area contributed by atoms with Crippen molar-refractivity contribution in [1.82, 2.24) is 9.78 Å². The van der Waals surface area contributed by atoms with Gasteiger partial charge in [-0.1, -0.05) is 0 Å². The molecule has 32 heavy (non-hydrogen) atoms. The Morgan fingerprint density at radius 2 is 1.75 bits per heavy atom. The number of carbonyl (C=O) groups is 1. The molecule has 0 saturated carbocycles. The number of rotatable bonds is 3. The van der Waals surface area contributed by atoms with Crippen LogP contribution in [-0.2, 0) is 28.9 Å². The minimum absolute atomic E-state index is 0.00550. The third-order valence-corrected chi connectivity index (χ3v) is 5.89. The maximum Gasteiger partial charge on any atom is 0.416 e. The van der Waals surface area contributed by atoms with Gasteiger partial charge in [0.15, 0.2) is 0 Å². The molecule has 1 amide bonds. The number of amides is 1. The number of aliphatic hydroxyl groups excluding tert-OH is 1. The summed E-state index contributed by atoms with van der Waals surface area (Å²) >= 11 is 0. The lowest BCUT2D eigenvalue weighted by atomic mass is 9.74. The summed E-state index contributed by atoms with van der Waals surface area (Å²) in [6.45, 7) is 1.70. The molecule has 3 heterocycles. The van der Waals surface area contributed by atoms with E-state index in [2.05, 4.69) is 10.4 Å². The summed E-state index contributed by atoms with van der Waals surface area (Å²) in [6.07, 6.45) is -10.6. The van der Waals surface area contributed by atoms with E-state index in [9.17, 15) is 36.2 Å². The van der Waals surface area contributed by atoms with Crippen LogP contribution in [0.3, 0.4) is 0 Å². The second kappa shape index (κ2) is 7.48. The molecule has 12 heteroatoms. The average Bonchev–Trinajstić information content (AvgIpc) is 3.31. The van der Waals surface area contributed by atoms with Crippen molar-refractivity contribution in [2.75, 3.05) is 5.32 Å². The number of carbonyl (C=O) groups excluding carboxylic acids is 1. The topological polar surface area (TPSA) is 76.4 Å². The highest BCUT2D eigenvalue weighted by molar-refractivity contribution is 5.94. The predicted molar refractivity (Wildman–Crippen MR) is 98.5 cm³/mol. The number of benzene rings is 1. The Morgan fingerprint density at radius 1 is 1.16 bits per heavy atom. The van der Waals surface area contributed by atoms with Gasteiger partial charge in [0.2, 0.25) is 5.91 Å². The van der Waals surface area contributed by atoms with Crippen LogP contribution >= 0.6 is 0 Å². The van der Waals surface area contributed by atoms with Crippen LogP contribution in [0.1, 0.15) is 34.7 Å². The Morgan fingerprint density at radius 3 is 2.25 bits per heavy atom. The fourth-order valence-corrected chi connectivity index (χ4v) is 4.61. The highest BCUT2D eigenvalue weighted by Crippen LogP contribution is 2.50. The zero-order chi connectivity index (χ0) is 23.6. The third kappa shape index (κ3) is 3.96. The number of halogens is 6. The van der Waals surface area contributed by atoms with E-state index >= 15 is 0 Å². The van der Waals surface area contributed by atoms with Crippen molar-refractivity contribution in [2.24, 2.45) is 13.0 Å². The van der Waals surface area contributed by atoms with Crippen LogP contribution < -0.4 is 5.32 Å². The molecule has 1 aromatic heterocycles. The largest absolute Gasteiger partial charge is 0.416 e. The van der Waals surface area contributed by atoms with E-state index < -0.39 is 65.2 Å². The first-order chi connectivity index (χ1) is 14.8. The zero-order valence-electron chi connectivity index (χ0n) is 16.8. The van der Waals surface area contributed by atoms with E-state index in [1.165, 1.54) is 4.68 Å². The maximum atomic E-state index is 13.1. The summed E-state index contributed by atoms with van der Waals surface area (Å²) in [5, 5.41) is 16.7. The smallest absolute Gasteiger partial charge is 0.390 e. The highest BCUT2D eigenvalue weighted by Gasteiger charge is 2.57. The van der Waals surface area contributed by atoms with E-state index in [1.54, 1.807) is 20.2 Å². The molecule has 2 aromatic rings. The summed E-state index contributed by atoms with van der Waals surface area (Å²) in [5.74, 6) is -2.36. The zero-order valence-corrected chi connectivity index (χ0v) is 16.8. The average molecular weight is 463 g/mol. The van der Waals surface area contributed by atoms with Crippen molar-refractivity contribution >= 4 is 11.6 Å². The van der Waals surface area contributed by atoms with Crippen LogP contribution in [0.5, 0.6) is 0 Å². The molecule has 2 aliphatic heterocycles. The second-order valence-corrected chi connectivity index (χ2v) is 8.12. The van der Waals surface area contributed by atoms with E-state index in [4.69, 9.17) is 4.74 Å². The summed E-state index contributed by atoms with van der Waals surface area (Å²) < 4.78 is 86.0. The van der Waals surface area contributed by atoms with Crippen molar-refractivity contribution in [2.45, 2.75) is 49.9 Å². The number of hydrogen-bond donors (Lipinski definition) is 2. The quantitative estimate of drug-likeness (QED) is 0.682. The Balaban J connectivity index is 1.68. The van der Waals surface area contributed by atoms with E-state index in [0.717, 1.165) is 0 Å². The van der Waals surface area contributed by atoms with Crippen LogP contribution in [0, 0.1) is 12.8 Å². The van der Waals surface area contributed by atoms with Crippen molar-refractivity contribution < 1.29 is 41.0 Å². The number of aliphatic hydroxyl groups is 1. The molecule has 0 radical (unpaired) electrons. The first-order valence-corrected chi connectivity index (χ1v) is 9.69. The van der Waals surface area contributed by atoms with Crippen LogP contribution in [-0.4, -0.2) is 39.1 Å². The van der Waals surface area contributed by atoms with Gasteiger partial charge < -0.3 is 15.2 Å². The summed E-state index contributed by atoms with van der Waals surface area (Å²) in [7, 11) is 1.66. The Kier molecular flexibility index (Phi) is 5.28. The van der Waals surface area contributed by atoms with Gasteiger partial charge >= 0.3 is 12.4 Å².